The van der Waals surface area contributed by atoms with Gasteiger partial charge >= 0.3 is 6.18 Å². The van der Waals surface area contributed by atoms with Gasteiger partial charge in [-0.25, -0.2) is 8.42 Å². The molecule has 0 aromatic heterocycles. The average Bonchev–Trinajstić information content (AvgIpc) is 2.88. The summed E-state index contributed by atoms with van der Waals surface area (Å²) in [5.74, 6) is -1.30. The zero-order chi connectivity index (χ0) is 31.5. The molecule has 0 aliphatic heterocycles. The fourth-order valence-electron chi connectivity index (χ4n) is 4.09. The third-order valence-electron chi connectivity index (χ3n) is 6.26. The number of nitrogens with zero attached hydrogens (tertiary/aromatic N) is 2. The Balaban J connectivity index is 2.10. The number of aryl methyl sites for hydroxylation is 1. The van der Waals surface area contributed by atoms with Gasteiger partial charge < -0.3 is 10.2 Å². The van der Waals surface area contributed by atoms with Gasteiger partial charge in [-0.15, -0.1) is 0 Å². The number of nitrogens with one attached hydrogen (secondary N) is 1. The first kappa shape index (κ1) is 32.9. The average molecular weight is 624 g/mol. The highest BCUT2D eigenvalue weighted by Gasteiger charge is 2.35. The Morgan fingerprint density at radius 3 is 2.14 bits per heavy atom. The summed E-state index contributed by atoms with van der Waals surface area (Å²) in [6, 6.07) is 15.0. The van der Waals surface area contributed by atoms with Crippen LogP contribution in [-0.2, 0) is 32.3 Å². The molecule has 0 radical (unpaired) electrons. The molecule has 0 unspecified atom stereocenters. The van der Waals surface area contributed by atoms with Crippen LogP contribution in [-0.4, -0.2) is 43.3 Å². The van der Waals surface area contributed by atoms with Gasteiger partial charge in [0, 0.05) is 17.1 Å². The number of alkyl halides is 3. The van der Waals surface area contributed by atoms with Crippen molar-refractivity contribution in [1.82, 2.24) is 10.2 Å². The Bertz CT molecular complexity index is 1540. The highest BCUT2D eigenvalue weighted by molar-refractivity contribution is 7.92. The molecule has 42 heavy (non-hydrogen) atoms. The van der Waals surface area contributed by atoms with Gasteiger partial charge in [-0.3, -0.25) is 13.9 Å². The van der Waals surface area contributed by atoms with E-state index >= 15 is 0 Å². The maximum atomic E-state index is 13.9. The SMILES string of the molecule is Cc1ccc(S(=O)(=O)N(CC(=O)N(Cc2cccc(Cl)c2)[C@H](C)C(=O)NC(C)(C)C)c2cccc(C(F)(F)F)c2)cc1. The van der Waals surface area contributed by atoms with E-state index in [-0.39, 0.29) is 17.1 Å². The van der Waals surface area contributed by atoms with Crippen molar-refractivity contribution in [3.8, 4) is 0 Å². The third kappa shape index (κ3) is 8.48. The molecule has 3 aromatic rings. The zero-order valence-corrected chi connectivity index (χ0v) is 25.4. The Morgan fingerprint density at radius 2 is 1.57 bits per heavy atom. The molecule has 0 bridgehead atoms. The summed E-state index contributed by atoms with van der Waals surface area (Å²) in [6.07, 6.45) is -4.75. The van der Waals surface area contributed by atoms with Gasteiger partial charge in [0.1, 0.15) is 12.6 Å². The van der Waals surface area contributed by atoms with E-state index < -0.39 is 51.7 Å². The molecule has 226 valence electrons. The number of rotatable bonds is 9. The van der Waals surface area contributed by atoms with E-state index in [0.29, 0.717) is 21.0 Å². The largest absolute Gasteiger partial charge is 0.416 e. The molecule has 3 rings (SSSR count). The molecule has 0 heterocycles. The lowest BCUT2D eigenvalue weighted by molar-refractivity contribution is -0.140. The van der Waals surface area contributed by atoms with Gasteiger partial charge in [-0.2, -0.15) is 13.2 Å². The van der Waals surface area contributed by atoms with Crippen molar-refractivity contribution in [1.29, 1.82) is 0 Å². The minimum atomic E-state index is -4.75. The quantitative estimate of drug-likeness (QED) is 0.308. The van der Waals surface area contributed by atoms with E-state index in [0.717, 1.165) is 17.7 Å². The minimum Gasteiger partial charge on any atom is -0.350 e. The Kier molecular flexibility index (Phi) is 10.00. The van der Waals surface area contributed by atoms with Gasteiger partial charge in [0.2, 0.25) is 11.8 Å². The first-order chi connectivity index (χ1) is 19.4. The zero-order valence-electron chi connectivity index (χ0n) is 23.9. The van der Waals surface area contributed by atoms with Crippen molar-refractivity contribution in [2.75, 3.05) is 10.8 Å². The number of benzene rings is 3. The predicted octanol–water partition coefficient (Wildman–Crippen LogP) is 6.19. The molecule has 0 saturated carbocycles. The van der Waals surface area contributed by atoms with Crippen LogP contribution < -0.4 is 9.62 Å². The topological polar surface area (TPSA) is 86.8 Å². The smallest absolute Gasteiger partial charge is 0.350 e. The molecule has 0 spiro atoms. The number of anilines is 1. The van der Waals surface area contributed by atoms with Gasteiger partial charge in [-0.05, 0) is 82.6 Å². The molecular formula is C30H33ClF3N3O4S. The standard InChI is InChI=1S/C30H33ClF3N3O4S/c1-20-12-14-26(15-13-20)42(40,41)37(25-11-7-9-23(17-25)30(32,33)34)19-27(38)36(18-22-8-6-10-24(31)16-22)21(2)28(39)35-29(3,4)5/h6-17,21H,18-19H2,1-5H3,(H,35,39)/t21-/m1/s1. The van der Waals surface area contributed by atoms with E-state index in [2.05, 4.69) is 5.32 Å². The van der Waals surface area contributed by atoms with Crippen LogP contribution >= 0.6 is 11.6 Å². The highest BCUT2D eigenvalue weighted by atomic mass is 35.5. The number of hydrogen-bond donors (Lipinski definition) is 1. The number of amides is 2. The summed E-state index contributed by atoms with van der Waals surface area (Å²) in [6.45, 7) is 7.57. The van der Waals surface area contributed by atoms with Gasteiger partial charge in [0.25, 0.3) is 10.0 Å². The van der Waals surface area contributed by atoms with Crippen LogP contribution in [0.5, 0.6) is 0 Å². The Morgan fingerprint density at radius 1 is 0.952 bits per heavy atom. The van der Waals surface area contributed by atoms with Crippen LogP contribution in [0.4, 0.5) is 18.9 Å². The molecule has 0 aliphatic carbocycles. The van der Waals surface area contributed by atoms with Crippen LogP contribution in [0.2, 0.25) is 5.02 Å². The monoisotopic (exact) mass is 623 g/mol. The van der Waals surface area contributed by atoms with Gasteiger partial charge in [0.05, 0.1) is 16.1 Å². The highest BCUT2D eigenvalue weighted by Crippen LogP contribution is 2.33. The first-order valence-corrected chi connectivity index (χ1v) is 14.8. The summed E-state index contributed by atoms with van der Waals surface area (Å²) in [7, 11) is -4.52. The molecule has 0 saturated heterocycles. The molecular weight excluding hydrogens is 591 g/mol. The number of sulfonamides is 1. The number of hydrogen-bond acceptors (Lipinski definition) is 4. The molecule has 2 amide bonds. The molecule has 7 nitrogen and oxygen atoms in total. The second-order valence-electron chi connectivity index (χ2n) is 10.9. The molecule has 1 atom stereocenters. The summed E-state index contributed by atoms with van der Waals surface area (Å²) in [5.41, 5.74) is -0.728. The Labute approximate surface area is 249 Å². The van der Waals surface area contributed by atoms with E-state index in [1.807, 2.05) is 0 Å². The molecule has 0 fully saturated rings. The molecule has 12 heteroatoms. The van der Waals surface area contributed by atoms with E-state index in [1.165, 1.54) is 30.0 Å². The lowest BCUT2D eigenvalue weighted by Gasteiger charge is -2.33. The summed E-state index contributed by atoms with van der Waals surface area (Å²) < 4.78 is 69.1. The maximum absolute atomic E-state index is 13.9. The van der Waals surface area contributed by atoms with Crippen molar-refractivity contribution in [2.24, 2.45) is 0 Å². The first-order valence-electron chi connectivity index (χ1n) is 13.0. The summed E-state index contributed by atoms with van der Waals surface area (Å²) in [4.78, 5) is 28.0. The van der Waals surface area contributed by atoms with Crippen molar-refractivity contribution < 1.29 is 31.2 Å². The number of carbonyl (C=O) groups is 2. The second-order valence-corrected chi connectivity index (χ2v) is 13.2. The minimum absolute atomic E-state index is 0.112. The second kappa shape index (κ2) is 12.7. The van der Waals surface area contributed by atoms with E-state index in [4.69, 9.17) is 11.6 Å². The van der Waals surface area contributed by atoms with Gasteiger partial charge in [-0.1, -0.05) is 47.5 Å². The van der Waals surface area contributed by atoms with Gasteiger partial charge in [0.15, 0.2) is 0 Å². The fraction of sp³-hybridized carbons (Fsp3) is 0.333. The Hall–Kier alpha value is -3.57. The maximum Gasteiger partial charge on any atom is 0.416 e. The van der Waals surface area contributed by atoms with Crippen LogP contribution in [0.25, 0.3) is 0 Å². The lowest BCUT2D eigenvalue weighted by Crippen LogP contribution is -2.54. The lowest BCUT2D eigenvalue weighted by atomic mass is 10.1. The normalized spacial score (nSPS) is 12.9. The summed E-state index contributed by atoms with van der Waals surface area (Å²) in [5, 5.41) is 3.19. The fourth-order valence-corrected chi connectivity index (χ4v) is 5.71. The van der Waals surface area contributed by atoms with Crippen molar-refractivity contribution in [3.63, 3.8) is 0 Å². The van der Waals surface area contributed by atoms with Crippen LogP contribution in [0.15, 0.2) is 77.7 Å². The third-order valence-corrected chi connectivity index (χ3v) is 8.28. The van der Waals surface area contributed by atoms with Crippen LogP contribution in [0.1, 0.15) is 44.4 Å². The van der Waals surface area contributed by atoms with Crippen LogP contribution in [0, 0.1) is 6.92 Å². The molecule has 3 aromatic carbocycles. The summed E-state index contributed by atoms with van der Waals surface area (Å²) >= 11 is 6.13. The molecule has 1 N–H and O–H groups in total. The van der Waals surface area contributed by atoms with Crippen molar-refractivity contribution in [2.45, 2.75) is 63.8 Å². The van der Waals surface area contributed by atoms with Crippen LogP contribution in [0.3, 0.4) is 0 Å². The number of halogens is 4. The van der Waals surface area contributed by atoms with Crippen molar-refractivity contribution >= 4 is 39.1 Å². The van der Waals surface area contributed by atoms with E-state index in [9.17, 15) is 31.2 Å². The number of carbonyl (C=O) groups excluding carboxylic acids is 2. The predicted molar refractivity (Wildman–Crippen MR) is 157 cm³/mol. The van der Waals surface area contributed by atoms with E-state index in [1.54, 1.807) is 64.1 Å². The van der Waals surface area contributed by atoms with Crippen molar-refractivity contribution in [3.05, 3.63) is 94.5 Å². The molecule has 0 aliphatic rings.